The van der Waals surface area contributed by atoms with Crippen LogP contribution in [0.4, 0.5) is 0 Å². The molecule has 5 heteroatoms. The van der Waals surface area contributed by atoms with Crippen LogP contribution in [-0.2, 0) is 11.8 Å². The van der Waals surface area contributed by atoms with E-state index in [-0.39, 0.29) is 0 Å². The van der Waals surface area contributed by atoms with Crippen LogP contribution in [0.1, 0.15) is 55.4 Å². The first-order chi connectivity index (χ1) is 7.48. The Hall–Kier alpha value is 1.83. The van der Waals surface area contributed by atoms with Gasteiger partial charge >= 0.3 is 127 Å². The van der Waals surface area contributed by atoms with Crippen LogP contribution in [-0.4, -0.2) is 43.9 Å². The Morgan fingerprint density at radius 3 is 1.24 bits per heavy atom. The molecular weight excluding hydrogens is 380 g/mol. The minimum absolute atomic E-state index is 0.594. The molecule has 0 saturated heterocycles. The molecule has 0 saturated carbocycles. The second-order valence-electron chi connectivity index (χ2n) is 5.89. The molecule has 1 nitrogen and oxygen atoms in total. The van der Waals surface area contributed by atoms with Crippen LogP contribution >= 0.6 is 10.8 Å². The Kier molecular flexibility index (Phi) is 7.77. The van der Waals surface area contributed by atoms with E-state index < -0.39 is 10.8 Å². The van der Waals surface area contributed by atoms with Gasteiger partial charge < -0.3 is 0 Å². The van der Waals surface area contributed by atoms with Crippen LogP contribution in [0.2, 0.25) is 0 Å². The summed E-state index contributed by atoms with van der Waals surface area (Å²) < 4.78 is -1.14. The maximum atomic E-state index is 6.07. The van der Waals surface area contributed by atoms with Crippen molar-refractivity contribution in [2.45, 2.75) is 78.0 Å². The topological polar surface area (TPSA) is 12.0 Å². The Morgan fingerprint density at radius 2 is 1.06 bits per heavy atom. The van der Waals surface area contributed by atoms with Crippen molar-refractivity contribution >= 4 is 43.9 Å². The quantitative estimate of drug-likeness (QED) is 0.508. The predicted molar refractivity (Wildman–Crippen MR) is 90.6 cm³/mol. The van der Waals surface area contributed by atoms with E-state index in [4.69, 9.17) is 11.8 Å². The van der Waals surface area contributed by atoms with E-state index in [2.05, 4.69) is 81.5 Å². The van der Waals surface area contributed by atoms with Crippen molar-refractivity contribution < 1.29 is 0 Å². The van der Waals surface area contributed by atoms with E-state index in [1.807, 2.05) is 0 Å². The molecule has 0 spiro atoms. The number of rotatable bonds is 6. The Bertz CT molecular complexity index is 281. The minimum atomic E-state index is -1.46. The summed E-state index contributed by atoms with van der Waals surface area (Å²) >= 11 is 8.43. The molecule has 104 valence electrons. The molecule has 0 aliphatic heterocycles. The second kappa shape index (κ2) is 7.02. The van der Waals surface area contributed by atoms with Gasteiger partial charge in [0.25, 0.3) is 0 Å². The summed E-state index contributed by atoms with van der Waals surface area (Å²) in [7, 11) is 0. The van der Waals surface area contributed by atoms with E-state index in [1.165, 1.54) is 0 Å². The monoisotopic (exact) mass is 411 g/mol. The van der Waals surface area contributed by atoms with Crippen LogP contribution in [0, 0.1) is 0 Å². The van der Waals surface area contributed by atoms with Gasteiger partial charge in [-0.05, 0) is 0 Å². The zero-order chi connectivity index (χ0) is 14.0. The summed E-state index contributed by atoms with van der Waals surface area (Å²) in [5.41, 5.74) is 2.62. The van der Waals surface area contributed by atoms with Gasteiger partial charge in [0.2, 0.25) is 0 Å². The molecule has 0 aromatic heterocycles. The van der Waals surface area contributed by atoms with Gasteiger partial charge in [-0.15, -0.1) is 0 Å². The molecule has 17 heavy (non-hydrogen) atoms. The SMILES string of the molecule is CC(C)P(=S)(NP(=[Te])(C(C)C)C(C)C)C(C)C. The van der Waals surface area contributed by atoms with Crippen LogP contribution in [0.15, 0.2) is 0 Å². The van der Waals surface area contributed by atoms with Gasteiger partial charge in [0, 0.05) is 0 Å². The molecule has 0 heterocycles. The summed E-state index contributed by atoms with van der Waals surface area (Å²) in [5, 5.41) is 0. The summed E-state index contributed by atoms with van der Waals surface area (Å²) in [4.78, 5) is 4.05. The molecule has 0 amide bonds. The van der Waals surface area contributed by atoms with Crippen molar-refractivity contribution in [2.75, 3.05) is 0 Å². The predicted octanol–water partition coefficient (Wildman–Crippen LogP) is 4.62. The Balaban J connectivity index is 5.39. The average Bonchev–Trinajstić information content (AvgIpc) is 2.15. The van der Waals surface area contributed by atoms with Crippen LogP contribution in [0.25, 0.3) is 0 Å². The van der Waals surface area contributed by atoms with Crippen molar-refractivity contribution in [3.63, 3.8) is 0 Å². The average molecular weight is 409 g/mol. The summed E-state index contributed by atoms with van der Waals surface area (Å²) in [5.74, 6) is 0. The Morgan fingerprint density at radius 1 is 0.765 bits per heavy atom. The fourth-order valence-corrected chi connectivity index (χ4v) is 16.1. The fraction of sp³-hybridized carbons (Fsp3) is 1.00. The molecule has 0 fully saturated rings. The molecule has 0 aromatic rings. The van der Waals surface area contributed by atoms with Gasteiger partial charge in [0.15, 0.2) is 0 Å². The third kappa shape index (κ3) is 4.41. The van der Waals surface area contributed by atoms with E-state index in [1.54, 1.807) is 0 Å². The summed E-state index contributed by atoms with van der Waals surface area (Å²) in [6.45, 7) is 18.6. The first-order valence-electron chi connectivity index (χ1n) is 6.46. The molecule has 1 N–H and O–H groups in total. The third-order valence-corrected chi connectivity index (χ3v) is 24.6. The summed E-state index contributed by atoms with van der Waals surface area (Å²) in [6.07, 6.45) is -1.46. The van der Waals surface area contributed by atoms with E-state index in [0.29, 0.717) is 22.6 Å². The van der Waals surface area contributed by atoms with Crippen LogP contribution in [0.5, 0.6) is 0 Å². The maximum absolute atomic E-state index is 6.07. The fourth-order valence-electron chi connectivity index (χ4n) is 1.90. The van der Waals surface area contributed by atoms with E-state index in [9.17, 15) is 0 Å². The molecule has 0 radical (unpaired) electrons. The van der Waals surface area contributed by atoms with Crippen molar-refractivity contribution in [1.29, 1.82) is 0 Å². The van der Waals surface area contributed by atoms with Gasteiger partial charge in [-0.2, -0.15) is 0 Å². The van der Waals surface area contributed by atoms with Crippen molar-refractivity contribution in [2.24, 2.45) is 0 Å². The standard InChI is InChI=1S/C12H29NP2STe/c1-9(2)14(16,10(3)4)13-15(17,11(5)6)12(7)8/h9-12H,1-8H3,(H,13,16,17). The van der Waals surface area contributed by atoms with Gasteiger partial charge in [-0.1, -0.05) is 0 Å². The van der Waals surface area contributed by atoms with Gasteiger partial charge in [0.1, 0.15) is 0 Å². The normalized spacial score (nSPS) is 14.4. The van der Waals surface area contributed by atoms with Crippen molar-refractivity contribution in [3.8, 4) is 0 Å². The molecule has 0 rings (SSSR count). The van der Waals surface area contributed by atoms with Crippen LogP contribution < -0.4 is 4.86 Å². The molecule has 0 aromatic carbocycles. The zero-order valence-corrected chi connectivity index (χ0v) is 17.5. The summed E-state index contributed by atoms with van der Waals surface area (Å²) in [6, 6.07) is 0. The zero-order valence-electron chi connectivity index (χ0n) is 12.5. The van der Waals surface area contributed by atoms with Gasteiger partial charge in [-0.3, -0.25) is 0 Å². The molecule has 0 atom stereocenters. The van der Waals surface area contributed by atoms with E-state index >= 15 is 0 Å². The van der Waals surface area contributed by atoms with Gasteiger partial charge in [-0.25, -0.2) is 0 Å². The van der Waals surface area contributed by atoms with Crippen LogP contribution in [0.3, 0.4) is 0 Å². The molecule has 0 aliphatic rings. The first kappa shape index (κ1) is 18.8. The molecule has 0 aliphatic carbocycles. The molecule has 0 unspecified atom stereocenters. The molecule has 0 bridgehead atoms. The van der Waals surface area contributed by atoms with Crippen molar-refractivity contribution in [3.05, 3.63) is 0 Å². The van der Waals surface area contributed by atoms with Gasteiger partial charge in [0.05, 0.1) is 0 Å². The number of hydrogen-bond acceptors (Lipinski definition) is 1. The number of nitrogens with one attached hydrogen (secondary N) is 1. The molecular formula is C12H29NP2STe. The number of hydrogen-bond donors (Lipinski definition) is 1. The van der Waals surface area contributed by atoms with Crippen molar-refractivity contribution in [1.82, 2.24) is 4.86 Å². The second-order valence-corrected chi connectivity index (χ2v) is 20.6. The third-order valence-electron chi connectivity index (χ3n) is 3.38. The van der Waals surface area contributed by atoms with E-state index in [0.717, 1.165) is 0 Å². The first-order valence-corrected chi connectivity index (χ1v) is 14.4. The Labute approximate surface area is 126 Å².